The van der Waals surface area contributed by atoms with Crippen LogP contribution in [0.1, 0.15) is 5.56 Å². The highest BCUT2D eigenvalue weighted by atomic mass is 16.5. The van der Waals surface area contributed by atoms with Crippen molar-refractivity contribution in [2.75, 3.05) is 13.7 Å². The molecule has 19 heavy (non-hydrogen) atoms. The van der Waals surface area contributed by atoms with Crippen LogP contribution in [0.25, 0.3) is 6.08 Å². The van der Waals surface area contributed by atoms with Crippen LogP contribution >= 0.6 is 0 Å². The number of para-hydroxylation sites is 1. The summed E-state index contributed by atoms with van der Waals surface area (Å²) in [6, 6.07) is 8.32. The van der Waals surface area contributed by atoms with Crippen LogP contribution in [0.3, 0.4) is 0 Å². The van der Waals surface area contributed by atoms with Gasteiger partial charge in [-0.05, 0) is 12.1 Å². The lowest BCUT2D eigenvalue weighted by Crippen LogP contribution is -2.19. The summed E-state index contributed by atoms with van der Waals surface area (Å²) in [6.07, 6.45) is 1.34. The third kappa shape index (κ3) is 4.16. The quantitative estimate of drug-likeness (QED) is 0.602. The smallest absolute Gasteiger partial charge is 0.341 e. The first-order valence-corrected chi connectivity index (χ1v) is 5.36. The van der Waals surface area contributed by atoms with Gasteiger partial charge >= 0.3 is 5.97 Å². The van der Waals surface area contributed by atoms with Crippen LogP contribution in [0.4, 0.5) is 0 Å². The van der Waals surface area contributed by atoms with E-state index in [4.69, 9.17) is 15.1 Å². The second-order valence-electron chi connectivity index (χ2n) is 3.47. The number of amides is 1. The molecule has 0 aliphatic carbocycles. The SMILES string of the molecule is CNC(=O)/C(C#N)=C\c1ccccc1OCC(=O)O. The lowest BCUT2D eigenvalue weighted by atomic mass is 10.1. The van der Waals surface area contributed by atoms with Gasteiger partial charge in [0.05, 0.1) is 0 Å². The standard InChI is InChI=1S/C13H12N2O4/c1-15-13(18)10(7-14)6-9-4-2-3-5-11(9)19-8-12(16)17/h2-6H,8H2,1H3,(H,15,18)(H,16,17)/b10-6-. The van der Waals surface area contributed by atoms with Gasteiger partial charge in [-0.2, -0.15) is 5.26 Å². The van der Waals surface area contributed by atoms with Gasteiger partial charge in [0.25, 0.3) is 5.91 Å². The maximum Gasteiger partial charge on any atom is 0.341 e. The molecular weight excluding hydrogens is 248 g/mol. The van der Waals surface area contributed by atoms with E-state index in [2.05, 4.69) is 5.32 Å². The number of ether oxygens (including phenoxy) is 1. The minimum absolute atomic E-state index is 0.0890. The van der Waals surface area contributed by atoms with Crippen molar-refractivity contribution in [1.29, 1.82) is 5.26 Å². The van der Waals surface area contributed by atoms with Crippen molar-refractivity contribution in [3.8, 4) is 11.8 Å². The predicted molar refractivity (Wildman–Crippen MR) is 67.2 cm³/mol. The first-order chi connectivity index (χ1) is 9.08. The van der Waals surface area contributed by atoms with E-state index in [1.54, 1.807) is 30.3 Å². The van der Waals surface area contributed by atoms with E-state index in [0.717, 1.165) is 0 Å². The molecule has 0 fully saturated rings. The average Bonchev–Trinajstić information content (AvgIpc) is 2.42. The van der Waals surface area contributed by atoms with Gasteiger partial charge in [-0.1, -0.05) is 18.2 Å². The summed E-state index contributed by atoms with van der Waals surface area (Å²) in [5.41, 5.74) is 0.373. The maximum atomic E-state index is 11.4. The Bertz CT molecular complexity index is 558. The molecule has 1 aromatic rings. The van der Waals surface area contributed by atoms with Crippen LogP contribution in [0.2, 0.25) is 0 Å². The van der Waals surface area contributed by atoms with Crippen LogP contribution in [0, 0.1) is 11.3 Å². The summed E-state index contributed by atoms with van der Waals surface area (Å²) >= 11 is 0. The number of benzene rings is 1. The molecule has 2 N–H and O–H groups in total. The van der Waals surface area contributed by atoms with E-state index in [-0.39, 0.29) is 5.57 Å². The number of carbonyl (C=O) groups excluding carboxylic acids is 1. The van der Waals surface area contributed by atoms with E-state index in [1.807, 2.05) is 0 Å². The number of carboxylic acid groups (broad SMARTS) is 1. The van der Waals surface area contributed by atoms with Crippen molar-refractivity contribution >= 4 is 18.0 Å². The van der Waals surface area contributed by atoms with Crippen molar-refractivity contribution in [2.45, 2.75) is 0 Å². The Balaban J connectivity index is 3.06. The molecule has 0 aromatic heterocycles. The van der Waals surface area contributed by atoms with E-state index in [1.165, 1.54) is 13.1 Å². The zero-order valence-electron chi connectivity index (χ0n) is 10.2. The number of hydrogen-bond donors (Lipinski definition) is 2. The van der Waals surface area contributed by atoms with Crippen LogP contribution in [0.15, 0.2) is 29.8 Å². The predicted octanol–water partition coefficient (Wildman–Crippen LogP) is 0.803. The summed E-state index contributed by atoms with van der Waals surface area (Å²) in [4.78, 5) is 21.8. The van der Waals surface area contributed by atoms with Crippen LogP contribution in [-0.4, -0.2) is 30.6 Å². The van der Waals surface area contributed by atoms with Gasteiger partial charge in [-0.3, -0.25) is 4.79 Å². The Morgan fingerprint density at radius 1 is 1.47 bits per heavy atom. The summed E-state index contributed by atoms with van der Waals surface area (Å²) in [5, 5.41) is 19.8. The first kappa shape index (κ1) is 14.3. The Hall–Kier alpha value is -2.81. The van der Waals surface area contributed by atoms with E-state index < -0.39 is 18.5 Å². The molecule has 0 saturated heterocycles. The third-order valence-electron chi connectivity index (χ3n) is 2.16. The summed E-state index contributed by atoms with van der Waals surface area (Å²) < 4.78 is 5.07. The van der Waals surface area contributed by atoms with Gasteiger partial charge in [0, 0.05) is 12.6 Å². The number of carbonyl (C=O) groups is 2. The van der Waals surface area contributed by atoms with Crippen LogP contribution < -0.4 is 10.1 Å². The Morgan fingerprint density at radius 2 is 2.16 bits per heavy atom. The number of hydrogen-bond acceptors (Lipinski definition) is 4. The molecule has 6 heteroatoms. The largest absolute Gasteiger partial charge is 0.481 e. The van der Waals surface area contributed by atoms with Crippen molar-refractivity contribution in [1.82, 2.24) is 5.32 Å². The summed E-state index contributed by atoms with van der Waals surface area (Å²) in [7, 11) is 1.42. The third-order valence-corrected chi connectivity index (χ3v) is 2.16. The van der Waals surface area contributed by atoms with Crippen LogP contribution in [-0.2, 0) is 9.59 Å². The lowest BCUT2D eigenvalue weighted by molar-refractivity contribution is -0.139. The van der Waals surface area contributed by atoms with Gasteiger partial charge in [0.15, 0.2) is 6.61 Å². The molecule has 0 saturated carbocycles. The number of nitrogens with one attached hydrogen (secondary N) is 1. The maximum absolute atomic E-state index is 11.4. The molecule has 0 radical (unpaired) electrons. The molecule has 1 amide bonds. The number of rotatable bonds is 5. The van der Waals surface area contributed by atoms with Gasteiger partial charge in [-0.25, -0.2) is 4.79 Å². The highest BCUT2D eigenvalue weighted by molar-refractivity contribution is 6.01. The van der Waals surface area contributed by atoms with Gasteiger partial charge in [-0.15, -0.1) is 0 Å². The van der Waals surface area contributed by atoms with Gasteiger partial charge in [0.2, 0.25) is 0 Å². The zero-order chi connectivity index (χ0) is 14.3. The fourth-order valence-corrected chi connectivity index (χ4v) is 1.31. The molecule has 1 rings (SSSR count). The molecule has 0 aliphatic rings. The average molecular weight is 260 g/mol. The molecule has 0 unspecified atom stereocenters. The molecule has 1 aromatic carbocycles. The normalized spacial score (nSPS) is 10.4. The monoisotopic (exact) mass is 260 g/mol. The number of nitrogens with zero attached hydrogens (tertiary/aromatic N) is 1. The fraction of sp³-hybridized carbons (Fsp3) is 0.154. The Morgan fingerprint density at radius 3 is 2.74 bits per heavy atom. The Labute approximate surface area is 109 Å². The molecule has 0 aliphatic heterocycles. The van der Waals surface area contributed by atoms with E-state index in [0.29, 0.717) is 11.3 Å². The van der Waals surface area contributed by atoms with Crippen molar-refractivity contribution < 1.29 is 19.4 Å². The second kappa shape index (κ2) is 6.81. The number of nitriles is 1. The number of carboxylic acids is 1. The van der Waals surface area contributed by atoms with Gasteiger partial charge in [0.1, 0.15) is 17.4 Å². The fourth-order valence-electron chi connectivity index (χ4n) is 1.31. The lowest BCUT2D eigenvalue weighted by Gasteiger charge is -2.07. The number of likely N-dealkylation sites (N-methyl/N-ethyl adjacent to an activating group) is 1. The Kier molecular flexibility index (Phi) is 5.11. The number of aliphatic carboxylic acids is 1. The molecule has 6 nitrogen and oxygen atoms in total. The molecule has 98 valence electrons. The molecule has 0 spiro atoms. The van der Waals surface area contributed by atoms with Crippen molar-refractivity contribution in [2.24, 2.45) is 0 Å². The summed E-state index contributed by atoms with van der Waals surface area (Å²) in [5.74, 6) is -1.33. The highest BCUT2D eigenvalue weighted by Crippen LogP contribution is 2.20. The van der Waals surface area contributed by atoms with Crippen molar-refractivity contribution in [3.63, 3.8) is 0 Å². The molecule has 0 heterocycles. The molecule has 0 bridgehead atoms. The minimum atomic E-state index is -1.11. The zero-order valence-corrected chi connectivity index (χ0v) is 10.2. The van der Waals surface area contributed by atoms with E-state index >= 15 is 0 Å². The topological polar surface area (TPSA) is 99.4 Å². The summed E-state index contributed by atoms with van der Waals surface area (Å²) in [6.45, 7) is -0.493. The van der Waals surface area contributed by atoms with Crippen molar-refractivity contribution in [3.05, 3.63) is 35.4 Å². The van der Waals surface area contributed by atoms with E-state index in [9.17, 15) is 9.59 Å². The first-order valence-electron chi connectivity index (χ1n) is 5.36. The van der Waals surface area contributed by atoms with Gasteiger partial charge < -0.3 is 15.2 Å². The minimum Gasteiger partial charge on any atom is -0.481 e. The highest BCUT2D eigenvalue weighted by Gasteiger charge is 2.09. The van der Waals surface area contributed by atoms with Crippen LogP contribution in [0.5, 0.6) is 5.75 Å². The molecular formula is C13H12N2O4. The second-order valence-corrected chi connectivity index (χ2v) is 3.47. The molecule has 0 atom stereocenters.